The summed E-state index contributed by atoms with van der Waals surface area (Å²) in [5, 5.41) is 9.01. The van der Waals surface area contributed by atoms with Gasteiger partial charge in [0.15, 0.2) is 0 Å². The number of aromatic carboxylic acids is 1. The average Bonchev–Trinajstić information content (AvgIpc) is 2.69. The zero-order chi connectivity index (χ0) is 19.1. The van der Waals surface area contributed by atoms with Crippen LogP contribution in [0, 0.1) is 5.92 Å². The molecule has 1 N–H and O–H groups in total. The van der Waals surface area contributed by atoms with Crippen molar-refractivity contribution in [1.82, 2.24) is 4.90 Å². The first-order valence-electron chi connectivity index (χ1n) is 9.33. The van der Waals surface area contributed by atoms with Gasteiger partial charge in [0.2, 0.25) is 5.91 Å². The molecule has 5 heteroatoms. The summed E-state index contributed by atoms with van der Waals surface area (Å²) in [6, 6.07) is 16.5. The molecule has 0 spiro atoms. The van der Waals surface area contributed by atoms with Gasteiger partial charge in [-0.3, -0.25) is 4.79 Å². The zero-order valence-corrected chi connectivity index (χ0v) is 15.3. The number of hydrogen-bond donors (Lipinski definition) is 1. The number of amides is 1. The van der Waals surface area contributed by atoms with Gasteiger partial charge in [0.05, 0.1) is 12.0 Å². The molecular formula is C22H25NO4. The van der Waals surface area contributed by atoms with Gasteiger partial charge in [-0.1, -0.05) is 42.5 Å². The molecule has 1 amide bonds. The molecule has 0 aromatic heterocycles. The quantitative estimate of drug-likeness (QED) is 0.815. The summed E-state index contributed by atoms with van der Waals surface area (Å²) >= 11 is 0. The number of carbonyl (C=O) groups is 2. The number of nitrogens with zero attached hydrogens (tertiary/aromatic N) is 1. The van der Waals surface area contributed by atoms with Crippen molar-refractivity contribution in [3.8, 4) is 0 Å². The van der Waals surface area contributed by atoms with Gasteiger partial charge in [-0.25, -0.2) is 4.79 Å². The molecule has 142 valence electrons. The Hall–Kier alpha value is -2.66. The molecule has 0 unspecified atom stereocenters. The van der Waals surface area contributed by atoms with E-state index in [2.05, 4.69) is 0 Å². The molecule has 0 bridgehead atoms. The van der Waals surface area contributed by atoms with Crippen molar-refractivity contribution in [3.05, 3.63) is 71.3 Å². The first-order valence-corrected chi connectivity index (χ1v) is 9.33. The summed E-state index contributed by atoms with van der Waals surface area (Å²) < 4.78 is 5.43. The van der Waals surface area contributed by atoms with E-state index in [9.17, 15) is 9.59 Å². The van der Waals surface area contributed by atoms with Crippen molar-refractivity contribution < 1.29 is 19.4 Å². The molecule has 1 heterocycles. The van der Waals surface area contributed by atoms with Crippen LogP contribution in [-0.2, 0) is 22.5 Å². The lowest BCUT2D eigenvalue weighted by atomic mass is 9.99. The van der Waals surface area contributed by atoms with Crippen LogP contribution in [0.25, 0.3) is 0 Å². The van der Waals surface area contributed by atoms with Crippen molar-refractivity contribution in [3.63, 3.8) is 0 Å². The van der Waals surface area contributed by atoms with Gasteiger partial charge in [-0.05, 0) is 42.0 Å². The number of carboxylic acids is 1. The van der Waals surface area contributed by atoms with Crippen molar-refractivity contribution in [2.45, 2.75) is 25.8 Å². The summed E-state index contributed by atoms with van der Waals surface area (Å²) in [7, 11) is 0. The standard InChI is InChI=1S/C22H25NO4/c24-21(14-17-6-8-20(9-7-17)22(25)26)23(15-18-4-2-1-3-5-18)16-19-10-12-27-13-11-19/h1-9,19H,10-16H2,(H,25,26). The Morgan fingerprint density at radius 3 is 2.26 bits per heavy atom. The number of ether oxygens (including phenoxy) is 1. The Morgan fingerprint density at radius 2 is 1.63 bits per heavy atom. The van der Waals surface area contributed by atoms with E-state index in [1.165, 1.54) is 0 Å². The zero-order valence-electron chi connectivity index (χ0n) is 15.3. The van der Waals surface area contributed by atoms with Crippen LogP contribution in [0.5, 0.6) is 0 Å². The van der Waals surface area contributed by atoms with Crippen molar-refractivity contribution in [2.75, 3.05) is 19.8 Å². The summed E-state index contributed by atoms with van der Waals surface area (Å²) in [5.41, 5.74) is 2.17. The van der Waals surface area contributed by atoms with Gasteiger partial charge >= 0.3 is 5.97 Å². The van der Waals surface area contributed by atoms with Crippen molar-refractivity contribution in [1.29, 1.82) is 0 Å². The summed E-state index contributed by atoms with van der Waals surface area (Å²) in [4.78, 5) is 25.9. The molecule has 1 aliphatic rings. The fourth-order valence-corrected chi connectivity index (χ4v) is 3.35. The molecule has 27 heavy (non-hydrogen) atoms. The maximum atomic E-state index is 13.0. The molecule has 0 aliphatic carbocycles. The average molecular weight is 367 g/mol. The van der Waals surface area contributed by atoms with Gasteiger partial charge in [-0.2, -0.15) is 0 Å². The molecule has 1 fully saturated rings. The van der Waals surface area contributed by atoms with Gasteiger partial charge in [0, 0.05) is 26.3 Å². The molecule has 5 nitrogen and oxygen atoms in total. The predicted octanol–water partition coefficient (Wildman–Crippen LogP) is 3.38. The molecular weight excluding hydrogens is 342 g/mol. The molecule has 1 saturated heterocycles. The second kappa shape index (κ2) is 9.33. The third-order valence-corrected chi connectivity index (χ3v) is 4.94. The van der Waals surface area contributed by atoms with Gasteiger partial charge in [0.25, 0.3) is 0 Å². The van der Waals surface area contributed by atoms with E-state index in [0.717, 1.165) is 43.7 Å². The van der Waals surface area contributed by atoms with Crippen LogP contribution in [0.1, 0.15) is 34.3 Å². The maximum Gasteiger partial charge on any atom is 0.335 e. The van der Waals surface area contributed by atoms with Gasteiger partial charge in [-0.15, -0.1) is 0 Å². The minimum Gasteiger partial charge on any atom is -0.478 e. The number of carboxylic acid groups (broad SMARTS) is 1. The van der Waals surface area contributed by atoms with Crippen LogP contribution >= 0.6 is 0 Å². The van der Waals surface area contributed by atoms with Crippen LogP contribution in [0.15, 0.2) is 54.6 Å². The van der Waals surface area contributed by atoms with Gasteiger partial charge < -0.3 is 14.7 Å². The van der Waals surface area contributed by atoms with Crippen LogP contribution in [0.2, 0.25) is 0 Å². The molecule has 0 saturated carbocycles. The third kappa shape index (κ3) is 5.66. The maximum absolute atomic E-state index is 13.0. The normalized spacial score (nSPS) is 14.7. The van der Waals surface area contributed by atoms with Crippen LogP contribution in [0.3, 0.4) is 0 Å². The predicted molar refractivity (Wildman–Crippen MR) is 103 cm³/mol. The van der Waals surface area contributed by atoms with E-state index < -0.39 is 5.97 Å². The molecule has 0 radical (unpaired) electrons. The molecule has 3 rings (SSSR count). The molecule has 1 aliphatic heterocycles. The molecule has 2 aromatic carbocycles. The Balaban J connectivity index is 1.69. The van der Waals surface area contributed by atoms with Crippen molar-refractivity contribution >= 4 is 11.9 Å². The van der Waals surface area contributed by atoms with E-state index in [0.29, 0.717) is 12.5 Å². The lowest BCUT2D eigenvalue weighted by Gasteiger charge is -2.30. The lowest BCUT2D eigenvalue weighted by molar-refractivity contribution is -0.132. The summed E-state index contributed by atoms with van der Waals surface area (Å²) in [6.45, 7) is 2.83. The number of carbonyl (C=O) groups excluding carboxylic acids is 1. The number of hydrogen-bond acceptors (Lipinski definition) is 3. The number of benzene rings is 2. The van der Waals surface area contributed by atoms with E-state index in [1.807, 2.05) is 35.2 Å². The van der Waals surface area contributed by atoms with E-state index in [4.69, 9.17) is 9.84 Å². The van der Waals surface area contributed by atoms with Gasteiger partial charge in [0.1, 0.15) is 0 Å². The van der Waals surface area contributed by atoms with Crippen LogP contribution in [0.4, 0.5) is 0 Å². The monoisotopic (exact) mass is 367 g/mol. The summed E-state index contributed by atoms with van der Waals surface area (Å²) in [6.07, 6.45) is 2.23. The van der Waals surface area contributed by atoms with Crippen LogP contribution in [-0.4, -0.2) is 41.6 Å². The van der Waals surface area contributed by atoms with Crippen LogP contribution < -0.4 is 0 Å². The highest BCUT2D eigenvalue weighted by molar-refractivity contribution is 5.87. The second-order valence-electron chi connectivity index (χ2n) is 6.99. The Kier molecular flexibility index (Phi) is 6.60. The first-order chi connectivity index (χ1) is 13.1. The minimum absolute atomic E-state index is 0.0634. The number of rotatable bonds is 7. The Bertz CT molecular complexity index is 752. The lowest BCUT2D eigenvalue weighted by Crippen LogP contribution is -2.37. The third-order valence-electron chi connectivity index (χ3n) is 4.94. The Labute approximate surface area is 159 Å². The topological polar surface area (TPSA) is 66.8 Å². The molecule has 2 aromatic rings. The largest absolute Gasteiger partial charge is 0.478 e. The van der Waals surface area contributed by atoms with E-state index >= 15 is 0 Å². The molecule has 0 atom stereocenters. The fraction of sp³-hybridized carbons (Fsp3) is 0.364. The second-order valence-corrected chi connectivity index (χ2v) is 6.99. The minimum atomic E-state index is -0.960. The smallest absolute Gasteiger partial charge is 0.335 e. The summed E-state index contributed by atoms with van der Waals surface area (Å²) in [5.74, 6) is -0.438. The Morgan fingerprint density at radius 1 is 0.963 bits per heavy atom. The highest BCUT2D eigenvalue weighted by atomic mass is 16.5. The van der Waals surface area contributed by atoms with Crippen molar-refractivity contribution in [2.24, 2.45) is 5.92 Å². The highest BCUT2D eigenvalue weighted by Gasteiger charge is 2.21. The van der Waals surface area contributed by atoms with E-state index in [-0.39, 0.29) is 17.9 Å². The highest BCUT2D eigenvalue weighted by Crippen LogP contribution is 2.19. The fourth-order valence-electron chi connectivity index (χ4n) is 3.35. The first kappa shape index (κ1) is 19.1. The van der Waals surface area contributed by atoms with E-state index in [1.54, 1.807) is 24.3 Å². The SMILES string of the molecule is O=C(O)c1ccc(CC(=O)N(Cc2ccccc2)CC2CCOCC2)cc1.